The number of aromatic nitrogens is 6. The average Bonchev–Trinajstić information content (AvgIpc) is 3.66. The lowest BCUT2D eigenvalue weighted by Gasteiger charge is -2.32. The summed E-state index contributed by atoms with van der Waals surface area (Å²) >= 11 is 1.72. The molecule has 4 aromatic heterocycles. The molecule has 3 N–H and O–H groups in total. The standard InChI is InChI=1S/C28H35N9OS/c1-5-38-18(4)36-15-19(14-30-36)22-9-11-25-33-27(34-37(25)26(22)17(2)3)31-21-7-6-12-35(16-21)28-32-23-13-20(29)8-10-24(23)39-28/h8-11,13-15,17-18,21H,5-7,12,16,29H2,1-4H3,(H,31,34)/t18?,21-/m1/s1. The summed E-state index contributed by atoms with van der Waals surface area (Å²) in [6.45, 7) is 10.8. The Bertz CT molecular complexity index is 1600. The third kappa shape index (κ3) is 5.04. The summed E-state index contributed by atoms with van der Waals surface area (Å²) in [6, 6.07) is 10.3. The first-order chi connectivity index (χ1) is 18.9. The molecular weight excluding hydrogens is 510 g/mol. The molecule has 0 saturated carbocycles. The van der Waals surface area contributed by atoms with Gasteiger partial charge < -0.3 is 20.7 Å². The summed E-state index contributed by atoms with van der Waals surface area (Å²) in [5.74, 6) is 0.891. The van der Waals surface area contributed by atoms with Crippen LogP contribution in [0.2, 0.25) is 0 Å². The van der Waals surface area contributed by atoms with E-state index in [-0.39, 0.29) is 18.2 Å². The Hall–Kier alpha value is -3.70. The van der Waals surface area contributed by atoms with Gasteiger partial charge in [-0.15, -0.1) is 5.10 Å². The molecule has 0 amide bonds. The number of hydrogen-bond acceptors (Lipinski definition) is 9. The van der Waals surface area contributed by atoms with Crippen molar-refractivity contribution in [3.05, 3.63) is 48.4 Å². The van der Waals surface area contributed by atoms with Gasteiger partial charge >= 0.3 is 0 Å². The van der Waals surface area contributed by atoms with Crippen LogP contribution >= 0.6 is 11.3 Å². The Morgan fingerprint density at radius 3 is 2.87 bits per heavy atom. The monoisotopic (exact) mass is 545 g/mol. The van der Waals surface area contributed by atoms with Gasteiger partial charge in [-0.3, -0.25) is 0 Å². The summed E-state index contributed by atoms with van der Waals surface area (Å²) in [7, 11) is 0. The zero-order valence-electron chi connectivity index (χ0n) is 22.8. The highest BCUT2D eigenvalue weighted by Crippen LogP contribution is 2.33. The predicted octanol–water partition coefficient (Wildman–Crippen LogP) is 5.54. The van der Waals surface area contributed by atoms with Crippen molar-refractivity contribution in [2.75, 3.05) is 35.6 Å². The van der Waals surface area contributed by atoms with Crippen LogP contribution in [0.25, 0.3) is 27.0 Å². The van der Waals surface area contributed by atoms with E-state index in [1.807, 2.05) is 53.6 Å². The van der Waals surface area contributed by atoms with Crippen LogP contribution in [0.4, 0.5) is 16.8 Å². The van der Waals surface area contributed by atoms with E-state index in [1.54, 1.807) is 11.3 Å². The van der Waals surface area contributed by atoms with Gasteiger partial charge in [-0.2, -0.15) is 10.1 Å². The van der Waals surface area contributed by atoms with Crippen molar-refractivity contribution in [1.82, 2.24) is 29.4 Å². The first-order valence-corrected chi connectivity index (χ1v) is 14.4. The third-order valence-electron chi connectivity index (χ3n) is 7.20. The summed E-state index contributed by atoms with van der Waals surface area (Å²) in [5, 5.41) is 14.1. The van der Waals surface area contributed by atoms with Gasteiger partial charge in [0.25, 0.3) is 0 Å². The average molecular weight is 546 g/mol. The highest BCUT2D eigenvalue weighted by atomic mass is 32.1. The van der Waals surface area contributed by atoms with Crippen LogP contribution in [0.15, 0.2) is 42.7 Å². The van der Waals surface area contributed by atoms with Crippen LogP contribution < -0.4 is 16.0 Å². The first-order valence-electron chi connectivity index (χ1n) is 13.6. The number of pyridine rings is 1. The topological polar surface area (TPSA) is 111 Å². The minimum absolute atomic E-state index is 0.117. The first kappa shape index (κ1) is 25.6. The molecule has 1 saturated heterocycles. The summed E-state index contributed by atoms with van der Waals surface area (Å²) in [6.07, 6.45) is 5.95. The van der Waals surface area contributed by atoms with Gasteiger partial charge in [-0.25, -0.2) is 14.2 Å². The molecule has 1 aliphatic rings. The quantitative estimate of drug-likeness (QED) is 0.244. The van der Waals surface area contributed by atoms with E-state index >= 15 is 0 Å². The molecule has 11 heteroatoms. The van der Waals surface area contributed by atoms with Gasteiger partial charge in [0.1, 0.15) is 6.23 Å². The van der Waals surface area contributed by atoms with Crippen molar-refractivity contribution in [2.45, 2.75) is 58.7 Å². The number of nitrogens with zero attached hydrogens (tertiary/aromatic N) is 7. The number of anilines is 3. The fourth-order valence-electron chi connectivity index (χ4n) is 5.34. The van der Waals surface area contributed by atoms with Gasteiger partial charge in [0, 0.05) is 48.7 Å². The minimum atomic E-state index is -0.117. The number of piperidine rings is 1. The molecular formula is C28H35N9OS. The van der Waals surface area contributed by atoms with Crippen LogP contribution in [0.3, 0.4) is 0 Å². The van der Waals surface area contributed by atoms with Gasteiger partial charge in [0.15, 0.2) is 10.8 Å². The number of nitrogen functional groups attached to an aromatic ring is 1. The molecule has 10 nitrogen and oxygen atoms in total. The summed E-state index contributed by atoms with van der Waals surface area (Å²) in [5.41, 5.74) is 11.7. The van der Waals surface area contributed by atoms with Crippen LogP contribution in [0, 0.1) is 0 Å². The molecule has 204 valence electrons. The maximum atomic E-state index is 5.96. The maximum absolute atomic E-state index is 5.96. The van der Waals surface area contributed by atoms with E-state index in [2.05, 4.69) is 41.3 Å². The second-order valence-electron chi connectivity index (χ2n) is 10.4. The van der Waals surface area contributed by atoms with Gasteiger partial charge in [-0.1, -0.05) is 25.2 Å². The number of ether oxygens (including phenoxy) is 1. The highest BCUT2D eigenvalue weighted by Gasteiger charge is 2.24. The zero-order chi connectivity index (χ0) is 27.1. The normalized spacial score (nSPS) is 16.9. The minimum Gasteiger partial charge on any atom is -0.399 e. The SMILES string of the molecule is CCOC(C)n1cc(-c2ccc3nc(N[C@@H]4CCCN(c5nc6cc(N)ccc6s5)C4)nn3c2C(C)C)cn1. The number of benzene rings is 1. The van der Waals surface area contributed by atoms with Gasteiger partial charge in [0.2, 0.25) is 5.95 Å². The molecule has 5 aromatic rings. The van der Waals surface area contributed by atoms with Crippen LogP contribution in [0.1, 0.15) is 58.4 Å². The van der Waals surface area contributed by atoms with E-state index < -0.39 is 0 Å². The molecule has 1 unspecified atom stereocenters. The van der Waals surface area contributed by atoms with Gasteiger partial charge in [0.05, 0.1) is 22.1 Å². The zero-order valence-corrected chi connectivity index (χ0v) is 23.6. The molecule has 0 aliphatic carbocycles. The summed E-state index contributed by atoms with van der Waals surface area (Å²) in [4.78, 5) is 12.0. The number of rotatable bonds is 8. The Labute approximate surface area is 231 Å². The van der Waals surface area contributed by atoms with Crippen molar-refractivity contribution < 1.29 is 4.74 Å². The molecule has 6 rings (SSSR count). The fourth-order valence-corrected chi connectivity index (χ4v) is 6.32. The lowest BCUT2D eigenvalue weighted by atomic mass is 10.00. The van der Waals surface area contributed by atoms with Crippen molar-refractivity contribution in [3.63, 3.8) is 0 Å². The number of nitrogens with two attached hydrogens (primary N) is 1. The molecule has 5 heterocycles. The molecule has 1 aromatic carbocycles. The van der Waals surface area contributed by atoms with E-state index in [0.29, 0.717) is 12.6 Å². The predicted molar refractivity (Wildman–Crippen MR) is 158 cm³/mol. The summed E-state index contributed by atoms with van der Waals surface area (Å²) < 4.78 is 10.7. The smallest absolute Gasteiger partial charge is 0.243 e. The lowest BCUT2D eigenvalue weighted by Crippen LogP contribution is -2.42. The molecule has 0 bridgehead atoms. The largest absolute Gasteiger partial charge is 0.399 e. The Kier molecular flexibility index (Phi) is 6.86. The van der Waals surface area contributed by atoms with Crippen LogP contribution in [0.5, 0.6) is 0 Å². The van der Waals surface area contributed by atoms with E-state index in [1.165, 1.54) is 0 Å². The fraction of sp³-hybridized carbons (Fsp3) is 0.429. The van der Waals surface area contributed by atoms with E-state index in [9.17, 15) is 0 Å². The Morgan fingerprint density at radius 1 is 1.18 bits per heavy atom. The molecule has 1 aliphatic heterocycles. The van der Waals surface area contributed by atoms with Gasteiger partial charge in [-0.05, 0) is 62.9 Å². The molecule has 1 fully saturated rings. The molecule has 2 atom stereocenters. The molecule has 39 heavy (non-hydrogen) atoms. The van der Waals surface area contributed by atoms with Crippen LogP contribution in [-0.4, -0.2) is 55.1 Å². The number of thiazole rings is 1. The Balaban J connectivity index is 1.24. The van der Waals surface area contributed by atoms with Crippen molar-refractivity contribution >= 4 is 44.0 Å². The van der Waals surface area contributed by atoms with Crippen molar-refractivity contribution in [1.29, 1.82) is 0 Å². The third-order valence-corrected chi connectivity index (χ3v) is 8.30. The molecule has 0 spiro atoms. The van der Waals surface area contributed by atoms with E-state index in [0.717, 1.165) is 69.4 Å². The van der Waals surface area contributed by atoms with Crippen molar-refractivity contribution in [3.8, 4) is 11.1 Å². The highest BCUT2D eigenvalue weighted by molar-refractivity contribution is 7.22. The lowest BCUT2D eigenvalue weighted by molar-refractivity contribution is 0.0160. The van der Waals surface area contributed by atoms with Crippen LogP contribution in [-0.2, 0) is 4.74 Å². The second-order valence-corrected chi connectivity index (χ2v) is 11.4. The maximum Gasteiger partial charge on any atom is 0.243 e. The number of fused-ring (bicyclic) bond motifs is 2. The van der Waals surface area contributed by atoms with Crippen molar-refractivity contribution in [2.24, 2.45) is 0 Å². The molecule has 0 radical (unpaired) electrons. The second kappa shape index (κ2) is 10.5. The number of hydrogen-bond donors (Lipinski definition) is 2. The number of nitrogens with one attached hydrogen (secondary N) is 1. The van der Waals surface area contributed by atoms with E-state index in [4.69, 9.17) is 25.5 Å². The Morgan fingerprint density at radius 2 is 2.05 bits per heavy atom.